The zero-order chi connectivity index (χ0) is 18.3. The maximum atomic E-state index is 11.0. The molecule has 0 fully saturated rings. The predicted molar refractivity (Wildman–Crippen MR) is 91.0 cm³/mol. The zero-order valence-corrected chi connectivity index (χ0v) is 15.0. The number of carbonyl (C=O) groups excluding carboxylic acids is 2. The van der Waals surface area contributed by atoms with Gasteiger partial charge in [0, 0.05) is 14.0 Å². The molecule has 0 saturated heterocycles. The molecule has 0 amide bonds. The molecule has 0 saturated carbocycles. The highest BCUT2D eigenvalue weighted by Gasteiger charge is 2.16. The topological polar surface area (TPSA) is 151 Å². The Bertz CT molecular complexity index is 713. The van der Waals surface area contributed by atoms with Gasteiger partial charge in [-0.05, 0) is 0 Å². The summed E-state index contributed by atoms with van der Waals surface area (Å²) in [5.74, 6) is -0.538. The summed E-state index contributed by atoms with van der Waals surface area (Å²) < 4.78 is 9.33. The number of nitrogens with zero attached hydrogens (tertiary/aromatic N) is 2. The Kier molecular flexibility index (Phi) is 7.71. The molecule has 0 aliphatic heterocycles. The average Bonchev–Trinajstić information content (AvgIpc) is 3.10. The van der Waals surface area contributed by atoms with Gasteiger partial charge in [-0.2, -0.15) is 0 Å². The van der Waals surface area contributed by atoms with Crippen molar-refractivity contribution in [3.8, 4) is 0 Å². The number of nitrogen functional groups attached to an aromatic ring is 2. The number of hydrogen-bond donors (Lipinski definition) is 3. The number of Topliss-reactive ketones (excluding diaryl/α,β-unsaturated/α-hetero) is 1. The van der Waals surface area contributed by atoms with Gasteiger partial charge in [-0.25, -0.2) is 14.8 Å². The summed E-state index contributed by atoms with van der Waals surface area (Å²) in [6.07, 6.45) is 0. The van der Waals surface area contributed by atoms with E-state index in [0.717, 1.165) is 11.3 Å². The second kappa shape index (κ2) is 9.27. The minimum atomic E-state index is -0.520. The number of aliphatic hydroxyl groups excluding tert-OH is 1. The normalized spacial score (nSPS) is 10.0. The molecule has 0 aliphatic carbocycles. The van der Waals surface area contributed by atoms with Crippen molar-refractivity contribution in [2.75, 3.05) is 25.7 Å². The minimum Gasteiger partial charge on any atom is -0.465 e. The lowest BCUT2D eigenvalue weighted by Crippen LogP contribution is -2.02. The van der Waals surface area contributed by atoms with Crippen LogP contribution in [-0.2, 0) is 22.7 Å². The molecule has 2 heterocycles. The summed E-state index contributed by atoms with van der Waals surface area (Å²) in [6, 6.07) is 0. The van der Waals surface area contributed by atoms with E-state index in [0.29, 0.717) is 22.3 Å². The second-order valence-corrected chi connectivity index (χ2v) is 6.36. The number of esters is 1. The van der Waals surface area contributed by atoms with Crippen molar-refractivity contribution in [1.82, 2.24) is 9.97 Å². The van der Waals surface area contributed by atoms with E-state index in [1.165, 1.54) is 25.4 Å². The Balaban J connectivity index is 0.000000240. The number of nitrogens with two attached hydrogens (primary N) is 2. The van der Waals surface area contributed by atoms with Crippen molar-refractivity contribution in [2.45, 2.75) is 20.1 Å². The molecule has 132 valence electrons. The van der Waals surface area contributed by atoms with Crippen LogP contribution in [0.2, 0.25) is 0 Å². The fraction of sp³-hybridized carbons (Fsp3) is 0.385. The lowest BCUT2D eigenvalue weighted by Gasteiger charge is -1.94. The zero-order valence-electron chi connectivity index (χ0n) is 13.4. The molecule has 0 aliphatic rings. The van der Waals surface area contributed by atoms with Gasteiger partial charge in [-0.15, -0.1) is 0 Å². The van der Waals surface area contributed by atoms with Gasteiger partial charge >= 0.3 is 5.97 Å². The molecule has 0 radical (unpaired) electrons. The second-order valence-electron chi connectivity index (χ2n) is 4.29. The highest BCUT2D eigenvalue weighted by molar-refractivity contribution is 7.17. The molecule has 0 spiro atoms. The molecule has 9 nitrogen and oxygen atoms in total. The van der Waals surface area contributed by atoms with Gasteiger partial charge in [0.15, 0.2) is 16.0 Å². The van der Waals surface area contributed by atoms with Crippen molar-refractivity contribution in [1.29, 1.82) is 0 Å². The average molecular weight is 374 g/mol. The van der Waals surface area contributed by atoms with E-state index in [4.69, 9.17) is 21.3 Å². The molecular formula is C13H18N4O5S2. The lowest BCUT2D eigenvalue weighted by atomic mass is 10.3. The van der Waals surface area contributed by atoms with Crippen LogP contribution in [-0.4, -0.2) is 41.0 Å². The maximum absolute atomic E-state index is 11.0. The SMILES string of the molecule is COC(=O)c1sc(N)nc1CO.COCc1nc(N)sc1C(C)=O. The highest BCUT2D eigenvalue weighted by atomic mass is 32.1. The third-order valence-corrected chi connectivity index (χ3v) is 4.48. The van der Waals surface area contributed by atoms with Crippen molar-refractivity contribution < 1.29 is 24.2 Å². The smallest absolute Gasteiger partial charge is 0.350 e. The standard InChI is InChI=1S/C7H10N2O2S.C6H8N2O3S/c1-4(10)6-5(3-11-2)9-7(8)12-6;1-11-5(10)4-3(2-9)8-6(7)12-4/h3H2,1-2H3,(H2,8,9);9H,2H2,1H3,(H2,7,8). The van der Waals surface area contributed by atoms with Gasteiger partial charge in [0.25, 0.3) is 0 Å². The molecule has 0 atom stereocenters. The Labute approximate surface area is 146 Å². The van der Waals surface area contributed by atoms with Gasteiger partial charge in [0.1, 0.15) is 4.88 Å². The van der Waals surface area contributed by atoms with Gasteiger partial charge in [0.05, 0.1) is 36.6 Å². The Morgan fingerprint density at radius 2 is 1.62 bits per heavy atom. The van der Waals surface area contributed by atoms with Gasteiger partial charge in [-0.1, -0.05) is 22.7 Å². The van der Waals surface area contributed by atoms with Crippen LogP contribution in [0.15, 0.2) is 0 Å². The summed E-state index contributed by atoms with van der Waals surface area (Å²) in [6.45, 7) is 1.52. The van der Waals surface area contributed by atoms with Crippen molar-refractivity contribution in [3.05, 3.63) is 21.1 Å². The fourth-order valence-electron chi connectivity index (χ4n) is 1.61. The number of rotatable bonds is 5. The molecule has 2 rings (SSSR count). The quantitative estimate of drug-likeness (QED) is 0.515. The van der Waals surface area contributed by atoms with Crippen LogP contribution >= 0.6 is 22.7 Å². The highest BCUT2D eigenvalue weighted by Crippen LogP contribution is 2.21. The van der Waals surface area contributed by atoms with Crippen molar-refractivity contribution in [2.24, 2.45) is 0 Å². The van der Waals surface area contributed by atoms with Crippen LogP contribution in [0.25, 0.3) is 0 Å². The van der Waals surface area contributed by atoms with Crippen molar-refractivity contribution in [3.63, 3.8) is 0 Å². The number of aliphatic hydroxyl groups is 1. The first-order chi connectivity index (χ1) is 11.3. The monoisotopic (exact) mass is 374 g/mol. The first-order valence-corrected chi connectivity index (χ1v) is 8.16. The molecular weight excluding hydrogens is 356 g/mol. The number of thiazole rings is 2. The van der Waals surface area contributed by atoms with Crippen molar-refractivity contribution >= 4 is 44.7 Å². The molecule has 24 heavy (non-hydrogen) atoms. The third kappa shape index (κ3) is 5.23. The lowest BCUT2D eigenvalue weighted by molar-refractivity contribution is 0.0602. The van der Waals surface area contributed by atoms with Crippen LogP contribution in [0.3, 0.4) is 0 Å². The number of carbonyl (C=O) groups is 2. The maximum Gasteiger partial charge on any atom is 0.350 e. The molecule has 5 N–H and O–H groups in total. The van der Waals surface area contributed by atoms with E-state index < -0.39 is 5.97 Å². The molecule has 0 unspecified atom stereocenters. The number of aromatic nitrogens is 2. The molecule has 2 aromatic heterocycles. The van der Waals surface area contributed by atoms with E-state index in [1.54, 1.807) is 7.11 Å². The van der Waals surface area contributed by atoms with E-state index in [1.807, 2.05) is 0 Å². The predicted octanol–water partition coefficient (Wildman–Crippen LogP) is 1.08. The Hall–Kier alpha value is -2.08. The van der Waals surface area contributed by atoms with Crippen LogP contribution in [0.4, 0.5) is 10.3 Å². The number of ether oxygens (including phenoxy) is 2. The van der Waals surface area contributed by atoms with E-state index in [-0.39, 0.29) is 28.1 Å². The number of hydrogen-bond acceptors (Lipinski definition) is 11. The first-order valence-electron chi connectivity index (χ1n) is 6.53. The fourth-order valence-corrected chi connectivity index (χ4v) is 3.10. The van der Waals surface area contributed by atoms with E-state index in [9.17, 15) is 9.59 Å². The first kappa shape index (κ1) is 20.0. The molecule has 11 heteroatoms. The van der Waals surface area contributed by atoms with Crippen LogP contribution in [0.5, 0.6) is 0 Å². The Morgan fingerprint density at radius 1 is 1.08 bits per heavy atom. The van der Waals surface area contributed by atoms with Crippen LogP contribution in [0, 0.1) is 0 Å². The van der Waals surface area contributed by atoms with Gasteiger partial charge in [0.2, 0.25) is 0 Å². The summed E-state index contributed by atoms with van der Waals surface area (Å²) in [4.78, 5) is 30.6. The Morgan fingerprint density at radius 3 is 2.08 bits per heavy atom. The summed E-state index contributed by atoms with van der Waals surface area (Å²) in [5.41, 5.74) is 11.7. The number of anilines is 2. The van der Waals surface area contributed by atoms with Crippen LogP contribution in [0.1, 0.15) is 37.7 Å². The van der Waals surface area contributed by atoms with E-state index >= 15 is 0 Å². The van der Waals surface area contributed by atoms with Gasteiger partial charge in [-0.3, -0.25) is 4.79 Å². The molecule has 2 aromatic rings. The van der Waals surface area contributed by atoms with E-state index in [2.05, 4.69) is 14.7 Å². The van der Waals surface area contributed by atoms with Gasteiger partial charge < -0.3 is 26.0 Å². The minimum absolute atomic E-state index is 0.0174. The van der Waals surface area contributed by atoms with Crippen LogP contribution < -0.4 is 11.5 Å². The summed E-state index contributed by atoms with van der Waals surface area (Å²) >= 11 is 2.20. The number of ketones is 1. The largest absolute Gasteiger partial charge is 0.465 e. The summed E-state index contributed by atoms with van der Waals surface area (Å²) in [7, 11) is 2.82. The summed E-state index contributed by atoms with van der Waals surface area (Å²) in [5, 5.41) is 9.42. The number of methoxy groups -OCH3 is 2. The molecule has 0 aromatic carbocycles. The molecule has 0 bridgehead atoms. The third-order valence-electron chi connectivity index (χ3n) is 2.55.